The standard InChI is InChI=1S/C12H20N4OS2/c1-8(18-12-16-15-11(13)19-12)10(17)14-9-6-4-2-3-5-7-9/h8-9H,2-7H2,1H3,(H2,13,15)(H,14,17)/t8-/m1/s1. The van der Waals surface area contributed by atoms with Crippen LogP contribution in [-0.2, 0) is 4.79 Å². The van der Waals surface area contributed by atoms with Gasteiger partial charge in [0.15, 0.2) is 4.34 Å². The van der Waals surface area contributed by atoms with Gasteiger partial charge in [0, 0.05) is 6.04 Å². The van der Waals surface area contributed by atoms with Crippen molar-refractivity contribution in [3.05, 3.63) is 0 Å². The van der Waals surface area contributed by atoms with Crippen molar-refractivity contribution < 1.29 is 4.79 Å². The van der Waals surface area contributed by atoms with Gasteiger partial charge in [0.05, 0.1) is 5.25 Å². The number of carbonyl (C=O) groups excluding carboxylic acids is 1. The number of aromatic nitrogens is 2. The summed E-state index contributed by atoms with van der Waals surface area (Å²) in [6, 6.07) is 0.345. The van der Waals surface area contributed by atoms with E-state index in [2.05, 4.69) is 15.5 Å². The fourth-order valence-electron chi connectivity index (χ4n) is 2.21. The highest BCUT2D eigenvalue weighted by Crippen LogP contribution is 2.27. The van der Waals surface area contributed by atoms with Crippen molar-refractivity contribution in [2.75, 3.05) is 5.73 Å². The lowest BCUT2D eigenvalue weighted by atomic mass is 10.1. The zero-order valence-electron chi connectivity index (χ0n) is 11.1. The summed E-state index contributed by atoms with van der Waals surface area (Å²) in [5.74, 6) is 0.0886. The first kappa shape index (κ1) is 14.6. The Hall–Kier alpha value is -0.820. The van der Waals surface area contributed by atoms with Gasteiger partial charge in [0.1, 0.15) is 0 Å². The molecule has 3 N–H and O–H groups in total. The number of hydrogen-bond donors (Lipinski definition) is 2. The average Bonchev–Trinajstić information content (AvgIpc) is 2.64. The predicted octanol–water partition coefficient (Wildman–Crippen LogP) is 2.44. The minimum Gasteiger partial charge on any atom is -0.374 e. The number of amides is 1. The highest BCUT2D eigenvalue weighted by molar-refractivity contribution is 8.02. The Labute approximate surface area is 121 Å². The van der Waals surface area contributed by atoms with Gasteiger partial charge >= 0.3 is 0 Å². The fourth-order valence-corrected chi connectivity index (χ4v) is 4.00. The van der Waals surface area contributed by atoms with E-state index in [4.69, 9.17) is 5.73 Å². The van der Waals surface area contributed by atoms with E-state index in [-0.39, 0.29) is 11.2 Å². The molecule has 7 heteroatoms. The van der Waals surface area contributed by atoms with Crippen LogP contribution < -0.4 is 11.1 Å². The first-order valence-corrected chi connectivity index (χ1v) is 8.41. The topological polar surface area (TPSA) is 80.9 Å². The minimum absolute atomic E-state index is 0.0886. The van der Waals surface area contributed by atoms with Gasteiger partial charge < -0.3 is 11.1 Å². The molecule has 0 aromatic carbocycles. The monoisotopic (exact) mass is 300 g/mol. The summed E-state index contributed by atoms with van der Waals surface area (Å²) in [5.41, 5.74) is 5.53. The molecule has 19 heavy (non-hydrogen) atoms. The molecule has 1 saturated carbocycles. The van der Waals surface area contributed by atoms with E-state index in [1.165, 1.54) is 48.8 Å². The Balaban J connectivity index is 1.81. The number of nitrogen functional groups attached to an aromatic ring is 1. The van der Waals surface area contributed by atoms with Gasteiger partial charge in [-0.05, 0) is 19.8 Å². The first-order valence-electron chi connectivity index (χ1n) is 6.71. The molecule has 5 nitrogen and oxygen atoms in total. The van der Waals surface area contributed by atoms with Crippen LogP contribution in [0.3, 0.4) is 0 Å². The Bertz CT molecular complexity index is 416. The SMILES string of the molecule is C[C@@H](Sc1nnc(N)s1)C(=O)NC1CCCCCC1. The second kappa shape index (κ2) is 7.09. The summed E-state index contributed by atoms with van der Waals surface area (Å²) in [7, 11) is 0. The van der Waals surface area contributed by atoms with Crippen LogP contribution in [0.1, 0.15) is 45.4 Å². The maximum absolute atomic E-state index is 12.1. The molecular weight excluding hydrogens is 280 g/mol. The van der Waals surface area contributed by atoms with Crippen LogP contribution in [0.4, 0.5) is 5.13 Å². The van der Waals surface area contributed by atoms with Crippen molar-refractivity contribution >= 4 is 34.1 Å². The molecule has 1 fully saturated rings. The number of nitrogens with two attached hydrogens (primary N) is 1. The Morgan fingerprint density at radius 3 is 2.63 bits per heavy atom. The maximum Gasteiger partial charge on any atom is 0.233 e. The molecule has 0 spiro atoms. The Morgan fingerprint density at radius 1 is 1.37 bits per heavy atom. The summed E-state index contributed by atoms with van der Waals surface area (Å²) < 4.78 is 0.751. The van der Waals surface area contributed by atoms with Gasteiger partial charge in [-0.1, -0.05) is 48.8 Å². The lowest BCUT2D eigenvalue weighted by molar-refractivity contribution is -0.121. The van der Waals surface area contributed by atoms with E-state index in [1.54, 1.807) is 0 Å². The van der Waals surface area contributed by atoms with Crippen LogP contribution in [0, 0.1) is 0 Å². The molecule has 1 heterocycles. The Morgan fingerprint density at radius 2 is 2.05 bits per heavy atom. The molecule has 1 aromatic rings. The number of hydrogen-bond acceptors (Lipinski definition) is 6. The van der Waals surface area contributed by atoms with Gasteiger partial charge in [-0.15, -0.1) is 10.2 Å². The summed E-state index contributed by atoms with van der Waals surface area (Å²) >= 11 is 2.74. The molecule has 106 valence electrons. The molecule has 0 radical (unpaired) electrons. The van der Waals surface area contributed by atoms with E-state index in [0.717, 1.165) is 17.2 Å². The van der Waals surface area contributed by atoms with Gasteiger partial charge in [-0.25, -0.2) is 0 Å². The second-order valence-electron chi connectivity index (χ2n) is 4.86. The molecule has 2 rings (SSSR count). The number of nitrogens with zero attached hydrogens (tertiary/aromatic N) is 2. The van der Waals surface area contributed by atoms with E-state index in [0.29, 0.717) is 11.2 Å². The fraction of sp³-hybridized carbons (Fsp3) is 0.750. The van der Waals surface area contributed by atoms with Crippen LogP contribution in [-0.4, -0.2) is 27.4 Å². The number of anilines is 1. The highest BCUT2D eigenvalue weighted by Gasteiger charge is 2.20. The lowest BCUT2D eigenvalue weighted by Crippen LogP contribution is -2.39. The van der Waals surface area contributed by atoms with Gasteiger partial charge in [0.25, 0.3) is 0 Å². The second-order valence-corrected chi connectivity index (χ2v) is 7.46. The molecule has 0 unspecified atom stereocenters. The average molecular weight is 300 g/mol. The summed E-state index contributed by atoms with van der Waals surface area (Å²) in [6.07, 6.45) is 7.24. The predicted molar refractivity (Wildman–Crippen MR) is 79.3 cm³/mol. The third-order valence-electron chi connectivity index (χ3n) is 3.27. The van der Waals surface area contributed by atoms with E-state index in [1.807, 2.05) is 6.92 Å². The van der Waals surface area contributed by atoms with Crippen molar-refractivity contribution in [2.24, 2.45) is 0 Å². The summed E-state index contributed by atoms with van der Waals surface area (Å²) in [4.78, 5) is 12.1. The third kappa shape index (κ3) is 4.65. The smallest absolute Gasteiger partial charge is 0.233 e. The van der Waals surface area contributed by atoms with E-state index < -0.39 is 0 Å². The number of carbonyl (C=O) groups is 1. The molecule has 0 bridgehead atoms. The first-order chi connectivity index (χ1) is 9.15. The molecule has 0 saturated heterocycles. The minimum atomic E-state index is -0.157. The van der Waals surface area contributed by atoms with Crippen molar-refractivity contribution in [3.8, 4) is 0 Å². The van der Waals surface area contributed by atoms with Crippen molar-refractivity contribution in [3.63, 3.8) is 0 Å². The van der Waals surface area contributed by atoms with E-state index >= 15 is 0 Å². The Kier molecular flexibility index (Phi) is 5.45. The molecule has 1 atom stereocenters. The van der Waals surface area contributed by atoms with E-state index in [9.17, 15) is 4.79 Å². The highest BCUT2D eigenvalue weighted by atomic mass is 32.2. The quantitative estimate of drug-likeness (QED) is 0.659. The maximum atomic E-state index is 12.1. The number of nitrogens with one attached hydrogen (secondary N) is 1. The molecule has 1 aliphatic carbocycles. The molecular formula is C12H20N4OS2. The van der Waals surface area contributed by atoms with Crippen molar-refractivity contribution in [1.82, 2.24) is 15.5 Å². The molecule has 0 aliphatic heterocycles. The van der Waals surface area contributed by atoms with Gasteiger partial charge in [0.2, 0.25) is 11.0 Å². The number of rotatable bonds is 4. The zero-order valence-corrected chi connectivity index (χ0v) is 12.7. The molecule has 1 aliphatic rings. The normalized spacial score (nSPS) is 18.8. The lowest BCUT2D eigenvalue weighted by Gasteiger charge is -2.18. The molecule has 1 aromatic heterocycles. The van der Waals surface area contributed by atoms with Crippen molar-refractivity contribution in [2.45, 2.75) is 61.1 Å². The van der Waals surface area contributed by atoms with Crippen LogP contribution in [0.25, 0.3) is 0 Å². The van der Waals surface area contributed by atoms with Crippen LogP contribution in [0.2, 0.25) is 0 Å². The largest absolute Gasteiger partial charge is 0.374 e. The van der Waals surface area contributed by atoms with Gasteiger partial charge in [-0.2, -0.15) is 0 Å². The molecule has 1 amide bonds. The third-order valence-corrected chi connectivity index (χ3v) is 5.21. The summed E-state index contributed by atoms with van der Waals surface area (Å²) in [6.45, 7) is 1.90. The van der Waals surface area contributed by atoms with Crippen LogP contribution >= 0.6 is 23.1 Å². The zero-order chi connectivity index (χ0) is 13.7. The van der Waals surface area contributed by atoms with Crippen molar-refractivity contribution in [1.29, 1.82) is 0 Å². The number of thioether (sulfide) groups is 1. The summed E-state index contributed by atoms with van der Waals surface area (Å²) in [5, 5.41) is 11.1. The van der Waals surface area contributed by atoms with Crippen LogP contribution in [0.15, 0.2) is 4.34 Å². The van der Waals surface area contributed by atoms with Gasteiger partial charge in [-0.3, -0.25) is 4.79 Å². The van der Waals surface area contributed by atoms with Crippen LogP contribution in [0.5, 0.6) is 0 Å².